The van der Waals surface area contributed by atoms with Crippen molar-refractivity contribution in [2.45, 2.75) is 84.2 Å². The third kappa shape index (κ3) is 5.00. The summed E-state index contributed by atoms with van der Waals surface area (Å²) in [6.07, 6.45) is 5.82. The Morgan fingerprint density at radius 2 is 1.97 bits per heavy atom. The number of ether oxygens (including phenoxy) is 1. The van der Waals surface area contributed by atoms with Gasteiger partial charge in [0, 0.05) is 44.0 Å². The third-order valence-corrected chi connectivity index (χ3v) is 6.84. The van der Waals surface area contributed by atoms with Crippen molar-refractivity contribution in [2.24, 2.45) is 5.92 Å². The molecular formula is C23H34N4O4. The number of likely N-dealkylation sites (tertiary alicyclic amines) is 1. The lowest BCUT2D eigenvalue weighted by Crippen LogP contribution is -2.51. The topological polar surface area (TPSA) is 94.5 Å². The maximum Gasteiger partial charge on any atom is 0.229 e. The van der Waals surface area contributed by atoms with Gasteiger partial charge in [-0.25, -0.2) is 0 Å². The van der Waals surface area contributed by atoms with Gasteiger partial charge in [-0.2, -0.15) is 4.98 Å². The van der Waals surface area contributed by atoms with Gasteiger partial charge in [0.1, 0.15) is 5.76 Å². The molecule has 2 aromatic heterocycles. The number of aryl methyl sites for hydroxylation is 2. The average Bonchev–Trinajstić information content (AvgIpc) is 3.34. The van der Waals surface area contributed by atoms with Crippen LogP contribution in [0.25, 0.3) is 0 Å². The van der Waals surface area contributed by atoms with Crippen molar-refractivity contribution in [1.82, 2.24) is 20.2 Å². The van der Waals surface area contributed by atoms with E-state index in [4.69, 9.17) is 13.8 Å². The third-order valence-electron chi connectivity index (χ3n) is 6.84. The normalized spacial score (nSPS) is 21.2. The molecule has 0 bridgehead atoms. The summed E-state index contributed by atoms with van der Waals surface area (Å²) < 4.78 is 16.8. The van der Waals surface area contributed by atoms with Gasteiger partial charge in [-0.1, -0.05) is 24.2 Å². The van der Waals surface area contributed by atoms with Crippen LogP contribution in [0.5, 0.6) is 0 Å². The molecule has 0 radical (unpaired) electrons. The van der Waals surface area contributed by atoms with E-state index in [0.29, 0.717) is 24.7 Å². The highest BCUT2D eigenvalue weighted by molar-refractivity contribution is 5.76. The summed E-state index contributed by atoms with van der Waals surface area (Å²) in [5.41, 5.74) is 1.82. The van der Waals surface area contributed by atoms with E-state index in [0.717, 1.165) is 74.6 Å². The maximum atomic E-state index is 12.8. The van der Waals surface area contributed by atoms with Gasteiger partial charge in [-0.05, 0) is 51.9 Å². The number of piperidine rings is 1. The van der Waals surface area contributed by atoms with Crippen LogP contribution < -0.4 is 0 Å². The van der Waals surface area contributed by atoms with Gasteiger partial charge in [0.25, 0.3) is 0 Å². The molecule has 4 rings (SSSR count). The minimum Gasteiger partial charge on any atom is -0.375 e. The van der Waals surface area contributed by atoms with Gasteiger partial charge in [0.05, 0.1) is 11.3 Å². The highest BCUT2D eigenvalue weighted by Gasteiger charge is 2.41. The minimum absolute atomic E-state index is 0.119. The summed E-state index contributed by atoms with van der Waals surface area (Å²) in [4.78, 5) is 19.3. The quantitative estimate of drug-likeness (QED) is 0.688. The van der Waals surface area contributed by atoms with E-state index in [1.807, 2.05) is 18.7 Å². The largest absolute Gasteiger partial charge is 0.375 e. The molecule has 0 aromatic carbocycles. The predicted molar refractivity (Wildman–Crippen MR) is 114 cm³/mol. The van der Waals surface area contributed by atoms with Crippen molar-refractivity contribution in [2.75, 3.05) is 19.7 Å². The molecule has 4 heterocycles. The Balaban J connectivity index is 1.28. The minimum atomic E-state index is -0.119. The highest BCUT2D eigenvalue weighted by Crippen LogP contribution is 2.38. The maximum absolute atomic E-state index is 12.8. The lowest BCUT2D eigenvalue weighted by atomic mass is 9.78. The Bertz CT molecular complexity index is 876. The SMILES string of the molecule is Cc1noc(C)c1CCC(=O)N1CCC2(CC1)CC(Cc1noc(C(C)C)n1)CCO2. The van der Waals surface area contributed by atoms with Crippen LogP contribution in [-0.4, -0.2) is 51.4 Å². The lowest BCUT2D eigenvalue weighted by Gasteiger charge is -2.46. The standard InChI is InChI=1S/C23H34N4O4/c1-15(2)22-24-20(26-31-22)13-18-7-12-29-23(14-18)8-10-27(11-9-23)21(28)6-5-19-16(3)25-30-17(19)4/h15,18H,5-14H2,1-4H3. The molecule has 31 heavy (non-hydrogen) atoms. The summed E-state index contributed by atoms with van der Waals surface area (Å²) in [5, 5.41) is 8.14. The predicted octanol–water partition coefficient (Wildman–Crippen LogP) is 3.76. The van der Waals surface area contributed by atoms with Crippen LogP contribution in [0.2, 0.25) is 0 Å². The smallest absolute Gasteiger partial charge is 0.229 e. The Morgan fingerprint density at radius 1 is 1.19 bits per heavy atom. The lowest BCUT2D eigenvalue weighted by molar-refractivity contribution is -0.147. The van der Waals surface area contributed by atoms with Crippen LogP contribution >= 0.6 is 0 Å². The van der Waals surface area contributed by atoms with Crippen LogP contribution in [-0.2, 0) is 22.4 Å². The Morgan fingerprint density at radius 3 is 2.61 bits per heavy atom. The number of amides is 1. The van der Waals surface area contributed by atoms with Crippen LogP contribution in [0.1, 0.15) is 80.6 Å². The van der Waals surface area contributed by atoms with Crippen molar-refractivity contribution in [3.8, 4) is 0 Å². The number of nitrogens with zero attached hydrogens (tertiary/aromatic N) is 4. The van der Waals surface area contributed by atoms with E-state index >= 15 is 0 Å². The molecule has 1 amide bonds. The van der Waals surface area contributed by atoms with E-state index < -0.39 is 0 Å². The summed E-state index contributed by atoms with van der Waals surface area (Å²) >= 11 is 0. The zero-order chi connectivity index (χ0) is 22.0. The Kier molecular flexibility index (Phi) is 6.46. The zero-order valence-corrected chi connectivity index (χ0v) is 19.1. The molecule has 1 unspecified atom stereocenters. The summed E-state index contributed by atoms with van der Waals surface area (Å²) in [6.45, 7) is 10.2. The number of carbonyl (C=O) groups excluding carboxylic acids is 1. The second-order valence-corrected chi connectivity index (χ2v) is 9.48. The Hall–Kier alpha value is -2.22. The fourth-order valence-corrected chi connectivity index (χ4v) is 4.91. The van der Waals surface area contributed by atoms with Crippen LogP contribution in [0.4, 0.5) is 0 Å². The molecule has 8 nitrogen and oxygen atoms in total. The van der Waals surface area contributed by atoms with Gasteiger partial charge < -0.3 is 18.7 Å². The fourth-order valence-electron chi connectivity index (χ4n) is 4.91. The monoisotopic (exact) mass is 430 g/mol. The fraction of sp³-hybridized carbons (Fsp3) is 0.739. The Labute approximate surface area is 183 Å². The van der Waals surface area contributed by atoms with Crippen molar-refractivity contribution in [1.29, 1.82) is 0 Å². The van der Waals surface area contributed by atoms with E-state index in [1.165, 1.54) is 0 Å². The molecule has 1 atom stereocenters. The van der Waals surface area contributed by atoms with Crippen molar-refractivity contribution in [3.05, 3.63) is 28.7 Å². The molecule has 1 spiro atoms. The zero-order valence-electron chi connectivity index (χ0n) is 19.1. The van der Waals surface area contributed by atoms with Crippen molar-refractivity contribution < 1.29 is 18.6 Å². The van der Waals surface area contributed by atoms with Crippen molar-refractivity contribution in [3.63, 3.8) is 0 Å². The number of rotatable bonds is 6. The van der Waals surface area contributed by atoms with Gasteiger partial charge >= 0.3 is 0 Å². The molecule has 2 aliphatic rings. The first kappa shape index (κ1) is 22.0. The molecule has 2 aromatic rings. The molecule has 2 fully saturated rings. The summed E-state index contributed by atoms with van der Waals surface area (Å²) in [5.74, 6) is 3.27. The molecule has 170 valence electrons. The van der Waals surface area contributed by atoms with E-state index in [-0.39, 0.29) is 17.4 Å². The first-order valence-corrected chi connectivity index (χ1v) is 11.5. The number of hydrogen-bond acceptors (Lipinski definition) is 7. The van der Waals surface area contributed by atoms with Crippen LogP contribution in [0, 0.1) is 19.8 Å². The van der Waals surface area contributed by atoms with Gasteiger partial charge in [-0.3, -0.25) is 4.79 Å². The number of carbonyl (C=O) groups is 1. The molecule has 0 saturated carbocycles. The first-order valence-electron chi connectivity index (χ1n) is 11.5. The average molecular weight is 431 g/mol. The highest BCUT2D eigenvalue weighted by atomic mass is 16.5. The number of aromatic nitrogens is 3. The second kappa shape index (κ2) is 9.10. The first-order chi connectivity index (χ1) is 14.8. The van der Waals surface area contributed by atoms with Gasteiger partial charge in [0.2, 0.25) is 11.8 Å². The van der Waals surface area contributed by atoms with E-state index in [9.17, 15) is 4.79 Å². The van der Waals surface area contributed by atoms with Crippen LogP contribution in [0.15, 0.2) is 9.05 Å². The summed E-state index contributed by atoms with van der Waals surface area (Å²) in [6, 6.07) is 0. The molecule has 0 aliphatic carbocycles. The number of hydrogen-bond donors (Lipinski definition) is 0. The van der Waals surface area contributed by atoms with Gasteiger partial charge in [-0.15, -0.1) is 0 Å². The van der Waals surface area contributed by atoms with Crippen LogP contribution in [0.3, 0.4) is 0 Å². The molecule has 2 aliphatic heterocycles. The molecular weight excluding hydrogens is 396 g/mol. The second-order valence-electron chi connectivity index (χ2n) is 9.48. The van der Waals surface area contributed by atoms with Crippen molar-refractivity contribution >= 4 is 5.91 Å². The van der Waals surface area contributed by atoms with Gasteiger partial charge in [0.15, 0.2) is 5.82 Å². The molecule has 8 heteroatoms. The summed E-state index contributed by atoms with van der Waals surface area (Å²) in [7, 11) is 0. The van der Waals surface area contributed by atoms with E-state index in [1.54, 1.807) is 0 Å². The molecule has 2 saturated heterocycles. The van der Waals surface area contributed by atoms with E-state index in [2.05, 4.69) is 29.1 Å². The molecule has 0 N–H and O–H groups in total.